The molecule has 0 saturated carbocycles. The Bertz CT molecular complexity index is 3460. The maximum absolute atomic E-state index is 6.75. The van der Waals surface area contributed by atoms with Crippen LogP contribution in [0.3, 0.4) is 0 Å². The number of para-hydroxylation sites is 1. The van der Waals surface area contributed by atoms with Crippen LogP contribution in [0.2, 0.25) is 0 Å². The van der Waals surface area contributed by atoms with Crippen molar-refractivity contribution < 1.29 is 4.74 Å². The molecular formula is C70H81N5O. The number of ether oxygens (including phenoxy) is 1. The van der Waals surface area contributed by atoms with Crippen LogP contribution in [-0.2, 0) is 32.5 Å². The second-order valence-electron chi connectivity index (χ2n) is 27.3. The summed E-state index contributed by atoms with van der Waals surface area (Å²) < 4.78 is 9.01. The first-order valence-electron chi connectivity index (χ1n) is 27.2. The molecule has 0 amide bonds. The fraction of sp³-hybridized carbons (Fsp3) is 0.343. The molecule has 3 aromatic heterocycles. The molecule has 2 N–H and O–H groups in total. The van der Waals surface area contributed by atoms with Gasteiger partial charge in [0.1, 0.15) is 17.3 Å². The topological polar surface area (TPSA) is 64.0 Å². The minimum atomic E-state index is -0.138. The first-order valence-corrected chi connectivity index (χ1v) is 27.2. The van der Waals surface area contributed by atoms with Crippen LogP contribution < -0.4 is 15.4 Å². The number of fused-ring (bicyclic) bond motifs is 3. The molecular weight excluding hydrogens is 927 g/mol. The second kappa shape index (κ2) is 19.4. The number of hydrogen-bond acceptors (Lipinski definition) is 5. The lowest BCUT2D eigenvalue weighted by Gasteiger charge is -2.30. The maximum atomic E-state index is 6.75. The second-order valence-corrected chi connectivity index (χ2v) is 27.3. The summed E-state index contributed by atoms with van der Waals surface area (Å²) in [5, 5.41) is 10.2. The zero-order valence-electron chi connectivity index (χ0n) is 48.7. The van der Waals surface area contributed by atoms with Gasteiger partial charge in [-0.1, -0.05) is 185 Å². The molecule has 0 atom stereocenters. The van der Waals surface area contributed by atoms with Crippen LogP contribution in [0.25, 0.3) is 49.9 Å². The predicted octanol–water partition coefficient (Wildman–Crippen LogP) is 20.0. The van der Waals surface area contributed by atoms with Gasteiger partial charge < -0.3 is 15.4 Å². The first kappa shape index (κ1) is 53.6. The fourth-order valence-electron chi connectivity index (χ4n) is 9.90. The van der Waals surface area contributed by atoms with Gasteiger partial charge in [0.05, 0.1) is 34.3 Å². The Hall–Kier alpha value is -7.18. The first-order chi connectivity index (χ1) is 35.4. The summed E-state index contributed by atoms with van der Waals surface area (Å²) in [7, 11) is 0. The Morgan fingerprint density at radius 3 is 1.46 bits per heavy atom. The number of hydrogen-bond donors (Lipinski definition) is 2. The van der Waals surface area contributed by atoms with Crippen molar-refractivity contribution in [2.45, 2.75) is 157 Å². The summed E-state index contributed by atoms with van der Waals surface area (Å²) in [5.74, 6) is 2.33. The lowest BCUT2D eigenvalue weighted by atomic mass is 9.76. The number of nitrogens with one attached hydrogen (secondary N) is 2. The minimum Gasteiger partial charge on any atom is -0.457 e. The van der Waals surface area contributed by atoms with Crippen molar-refractivity contribution >= 4 is 44.6 Å². The number of rotatable bonds is 9. The molecule has 0 spiro atoms. The molecule has 0 bridgehead atoms. The Morgan fingerprint density at radius 1 is 0.395 bits per heavy atom. The van der Waals surface area contributed by atoms with E-state index in [1.807, 2.05) is 30.7 Å². The largest absolute Gasteiger partial charge is 0.457 e. The van der Waals surface area contributed by atoms with Crippen LogP contribution in [0, 0.1) is 0 Å². The van der Waals surface area contributed by atoms with Gasteiger partial charge in [-0.15, -0.1) is 0 Å². The van der Waals surface area contributed by atoms with E-state index in [2.05, 4.69) is 261 Å². The predicted molar refractivity (Wildman–Crippen MR) is 325 cm³/mol. The molecule has 6 aromatic carbocycles. The highest BCUT2D eigenvalue weighted by molar-refractivity contribution is 6.09. The average molecular weight is 1010 g/mol. The van der Waals surface area contributed by atoms with Gasteiger partial charge >= 0.3 is 0 Å². The van der Waals surface area contributed by atoms with Crippen molar-refractivity contribution in [2.75, 3.05) is 10.6 Å². The van der Waals surface area contributed by atoms with E-state index in [1.165, 1.54) is 49.9 Å². The summed E-state index contributed by atoms with van der Waals surface area (Å²) in [5.41, 5.74) is 17.8. The lowest BCUT2D eigenvalue weighted by molar-refractivity contribution is 0.483. The van der Waals surface area contributed by atoms with E-state index in [0.717, 1.165) is 61.9 Å². The lowest BCUT2D eigenvalue weighted by Crippen LogP contribution is -2.17. The summed E-state index contributed by atoms with van der Waals surface area (Å²) in [4.78, 5) is 9.59. The fourth-order valence-corrected chi connectivity index (χ4v) is 9.90. The van der Waals surface area contributed by atoms with E-state index < -0.39 is 0 Å². The van der Waals surface area contributed by atoms with Crippen molar-refractivity contribution in [3.63, 3.8) is 0 Å². The third kappa shape index (κ3) is 11.3. The quantitative estimate of drug-likeness (QED) is 0.151. The zero-order chi connectivity index (χ0) is 54.9. The SMILES string of the molecule is CC(C)(C)c1cc(-c2cc(C(C)(C)C)cc(-c3cc(C(C)(C)C)cc(C(C)(C)C)c3)c2Nc2ccncc2Nc2cccc(Oc3ccc4c5ccccc5n(-c5cc(C(C)(C)C)ccn5)c4c3)c2)cc(C(C)(C)C)c1. The number of benzene rings is 6. The van der Waals surface area contributed by atoms with Crippen molar-refractivity contribution in [3.8, 4) is 39.6 Å². The van der Waals surface area contributed by atoms with Gasteiger partial charge in [-0.2, -0.15) is 0 Å². The molecule has 0 saturated heterocycles. The standard InChI is InChI=1S/C70H81N5O/c1-65(2,3)46-28-31-72-63(40-46)75-61-25-20-19-24-55(61)56-27-26-54(42-62(56)75)76-53-23-21-22-52(41-53)73-60-43-71-30-29-59(60)74-64-57(44-32-47(66(4,5)6)36-48(33-44)67(7,8)9)38-51(70(16,17)18)39-58(64)45-34-49(68(10,11)12)37-50(35-45)69(13,14)15/h19-43,73H,1-18H3,(H,71,74). The smallest absolute Gasteiger partial charge is 0.137 e. The van der Waals surface area contributed by atoms with Crippen LogP contribution in [0.4, 0.5) is 22.7 Å². The molecule has 9 aromatic rings. The van der Waals surface area contributed by atoms with Gasteiger partial charge in [0.15, 0.2) is 0 Å². The molecule has 0 aliphatic rings. The van der Waals surface area contributed by atoms with Gasteiger partial charge in [-0.05, 0) is 138 Å². The van der Waals surface area contributed by atoms with Crippen molar-refractivity contribution in [1.82, 2.24) is 14.5 Å². The van der Waals surface area contributed by atoms with Crippen molar-refractivity contribution in [2.24, 2.45) is 0 Å². The van der Waals surface area contributed by atoms with Gasteiger partial charge in [0.2, 0.25) is 0 Å². The number of pyridine rings is 2. The molecule has 0 aliphatic carbocycles. The van der Waals surface area contributed by atoms with Crippen molar-refractivity contribution in [3.05, 3.63) is 185 Å². The molecule has 0 unspecified atom stereocenters. The van der Waals surface area contributed by atoms with Crippen LogP contribution in [-0.4, -0.2) is 14.5 Å². The third-order valence-corrected chi connectivity index (χ3v) is 14.9. The molecule has 6 heteroatoms. The maximum Gasteiger partial charge on any atom is 0.137 e. The number of aromatic nitrogens is 3. The highest BCUT2D eigenvalue weighted by Gasteiger charge is 2.28. The molecule has 0 aliphatic heterocycles. The van der Waals surface area contributed by atoms with Gasteiger partial charge in [0.25, 0.3) is 0 Å². The Morgan fingerprint density at radius 2 is 0.908 bits per heavy atom. The monoisotopic (exact) mass is 1010 g/mol. The highest BCUT2D eigenvalue weighted by Crippen LogP contribution is 2.47. The summed E-state index contributed by atoms with van der Waals surface area (Å²) in [6.45, 7) is 41.5. The van der Waals surface area contributed by atoms with Crippen LogP contribution in [0.5, 0.6) is 11.5 Å². The van der Waals surface area contributed by atoms with Crippen LogP contribution in [0.15, 0.2) is 152 Å². The van der Waals surface area contributed by atoms with Gasteiger partial charge in [-0.3, -0.25) is 9.55 Å². The Labute approximate surface area is 454 Å². The van der Waals surface area contributed by atoms with E-state index in [9.17, 15) is 0 Å². The molecule has 6 nitrogen and oxygen atoms in total. The van der Waals surface area contributed by atoms with Gasteiger partial charge in [0, 0.05) is 52.1 Å². The molecule has 3 heterocycles. The van der Waals surface area contributed by atoms with Gasteiger partial charge in [-0.25, -0.2) is 4.98 Å². The normalized spacial score (nSPS) is 12.9. The minimum absolute atomic E-state index is 0.0236. The highest BCUT2D eigenvalue weighted by atomic mass is 16.5. The summed E-state index contributed by atoms with van der Waals surface area (Å²) in [6.07, 6.45) is 5.70. The summed E-state index contributed by atoms with van der Waals surface area (Å²) in [6, 6.07) is 48.9. The van der Waals surface area contributed by atoms with E-state index in [0.29, 0.717) is 5.75 Å². The average Bonchev–Trinajstić information content (AvgIpc) is 3.67. The van der Waals surface area contributed by atoms with E-state index in [1.54, 1.807) is 0 Å². The number of anilines is 4. The Balaban J connectivity index is 1.16. The van der Waals surface area contributed by atoms with E-state index in [4.69, 9.17) is 14.7 Å². The molecule has 9 rings (SSSR count). The third-order valence-electron chi connectivity index (χ3n) is 14.9. The number of nitrogens with zero attached hydrogens (tertiary/aromatic N) is 3. The van der Waals surface area contributed by atoms with E-state index in [-0.39, 0.29) is 32.5 Å². The molecule has 0 fully saturated rings. The van der Waals surface area contributed by atoms with Crippen LogP contribution in [0.1, 0.15) is 158 Å². The zero-order valence-corrected chi connectivity index (χ0v) is 48.7. The molecule has 0 radical (unpaired) electrons. The van der Waals surface area contributed by atoms with E-state index >= 15 is 0 Å². The molecule has 76 heavy (non-hydrogen) atoms. The van der Waals surface area contributed by atoms with Crippen LogP contribution >= 0.6 is 0 Å². The summed E-state index contributed by atoms with van der Waals surface area (Å²) >= 11 is 0. The molecule has 392 valence electrons. The van der Waals surface area contributed by atoms with Crippen molar-refractivity contribution in [1.29, 1.82) is 0 Å². The Kier molecular flexibility index (Phi) is 13.7.